The molecule has 0 aliphatic rings. The Bertz CT molecular complexity index is 1170. The molecule has 6 nitrogen and oxygen atoms in total. The summed E-state index contributed by atoms with van der Waals surface area (Å²) >= 11 is 0. The Morgan fingerprint density at radius 2 is 1.77 bits per heavy atom. The molecule has 1 atom stereocenters. The second kappa shape index (κ2) is 11.0. The number of carbonyl (C=O) groups excluding carboxylic acids is 2. The van der Waals surface area contributed by atoms with Gasteiger partial charge in [0.25, 0.3) is 5.91 Å². The Kier molecular flexibility index (Phi) is 8.06. The Labute approximate surface area is 199 Å². The van der Waals surface area contributed by atoms with Gasteiger partial charge in [-0.2, -0.15) is 13.2 Å². The molecule has 1 heterocycles. The van der Waals surface area contributed by atoms with Gasteiger partial charge in [-0.25, -0.2) is 4.39 Å². The molecule has 0 bridgehead atoms. The maximum absolute atomic E-state index is 13.6. The van der Waals surface area contributed by atoms with E-state index in [9.17, 15) is 27.2 Å². The molecular weight excluding hydrogens is 468 g/mol. The molecule has 0 saturated heterocycles. The lowest BCUT2D eigenvalue weighted by Crippen LogP contribution is -2.38. The van der Waals surface area contributed by atoms with Crippen molar-refractivity contribution in [2.45, 2.75) is 25.6 Å². The molecule has 184 valence electrons. The van der Waals surface area contributed by atoms with E-state index in [0.29, 0.717) is 17.1 Å². The van der Waals surface area contributed by atoms with Crippen LogP contribution in [-0.4, -0.2) is 30.5 Å². The Morgan fingerprint density at radius 3 is 2.34 bits per heavy atom. The summed E-state index contributed by atoms with van der Waals surface area (Å²) in [4.78, 5) is 30.6. The van der Waals surface area contributed by atoms with Gasteiger partial charge in [0.05, 0.1) is 12.7 Å². The van der Waals surface area contributed by atoms with Gasteiger partial charge >= 0.3 is 12.1 Å². The van der Waals surface area contributed by atoms with Gasteiger partial charge in [0, 0.05) is 49.1 Å². The minimum atomic E-state index is -4.51. The smallest absolute Gasteiger partial charge is 0.417 e. The molecule has 3 rings (SSSR count). The molecule has 1 aromatic heterocycles. The molecule has 0 spiro atoms. The average molecular weight is 490 g/mol. The molecule has 0 saturated carbocycles. The Balaban J connectivity index is 1.94. The number of aromatic nitrogens is 1. The van der Waals surface area contributed by atoms with Crippen molar-refractivity contribution in [2.75, 3.05) is 18.6 Å². The molecule has 3 aromatic rings. The van der Waals surface area contributed by atoms with Crippen molar-refractivity contribution in [3.8, 4) is 5.75 Å². The highest BCUT2D eigenvalue weighted by Gasteiger charge is 2.32. The second-order valence-electron chi connectivity index (χ2n) is 7.52. The molecule has 0 fully saturated rings. The van der Waals surface area contributed by atoms with Gasteiger partial charge in [-0.1, -0.05) is 18.2 Å². The van der Waals surface area contributed by atoms with E-state index < -0.39 is 35.5 Å². The minimum Gasteiger partial charge on any atom is -0.497 e. The number of amides is 1. The SMILES string of the molecule is COc1cccc(N(CCc2ccc(C(F)(F)F)cn2)C(=O)C(OC(C)=O)c2ccc(F)cc2)c1. The molecule has 1 unspecified atom stereocenters. The molecule has 0 aliphatic carbocycles. The summed E-state index contributed by atoms with van der Waals surface area (Å²) in [6.07, 6.45) is -5.05. The van der Waals surface area contributed by atoms with E-state index in [-0.39, 0.29) is 18.5 Å². The third kappa shape index (κ3) is 6.78. The van der Waals surface area contributed by atoms with Crippen molar-refractivity contribution in [1.29, 1.82) is 0 Å². The summed E-state index contributed by atoms with van der Waals surface area (Å²) in [5, 5.41) is 0. The van der Waals surface area contributed by atoms with Gasteiger partial charge in [0.2, 0.25) is 6.10 Å². The first-order valence-corrected chi connectivity index (χ1v) is 10.5. The zero-order valence-corrected chi connectivity index (χ0v) is 18.9. The van der Waals surface area contributed by atoms with Crippen molar-refractivity contribution in [3.63, 3.8) is 0 Å². The summed E-state index contributed by atoms with van der Waals surface area (Å²) in [7, 11) is 1.46. The van der Waals surface area contributed by atoms with Crippen LogP contribution in [0.4, 0.5) is 23.2 Å². The zero-order valence-electron chi connectivity index (χ0n) is 18.9. The number of benzene rings is 2. The summed E-state index contributed by atoms with van der Waals surface area (Å²) in [5.41, 5.74) is 0.102. The Morgan fingerprint density at radius 1 is 1.06 bits per heavy atom. The summed E-state index contributed by atoms with van der Waals surface area (Å²) in [6.45, 7) is 1.15. The van der Waals surface area contributed by atoms with E-state index in [1.54, 1.807) is 24.3 Å². The van der Waals surface area contributed by atoms with Crippen LogP contribution in [0.2, 0.25) is 0 Å². The van der Waals surface area contributed by atoms with Gasteiger partial charge in [-0.05, 0) is 36.4 Å². The number of methoxy groups -OCH3 is 1. The van der Waals surface area contributed by atoms with E-state index in [1.165, 1.54) is 30.2 Å². The molecule has 35 heavy (non-hydrogen) atoms. The molecule has 0 aliphatic heterocycles. The summed E-state index contributed by atoms with van der Waals surface area (Å²) < 4.78 is 62.5. The number of esters is 1. The second-order valence-corrected chi connectivity index (χ2v) is 7.52. The molecule has 1 amide bonds. The van der Waals surface area contributed by atoms with E-state index in [2.05, 4.69) is 4.98 Å². The van der Waals surface area contributed by atoms with Crippen molar-refractivity contribution >= 4 is 17.6 Å². The van der Waals surface area contributed by atoms with Crippen molar-refractivity contribution in [3.05, 3.63) is 89.5 Å². The quantitative estimate of drug-likeness (QED) is 0.324. The van der Waals surface area contributed by atoms with Crippen LogP contribution in [0, 0.1) is 5.82 Å². The van der Waals surface area contributed by atoms with Gasteiger partial charge in [-0.3, -0.25) is 14.6 Å². The fourth-order valence-electron chi connectivity index (χ4n) is 3.32. The fraction of sp³-hybridized carbons (Fsp3) is 0.240. The van der Waals surface area contributed by atoms with Crippen LogP contribution in [0.15, 0.2) is 66.9 Å². The van der Waals surface area contributed by atoms with Crippen molar-refractivity contribution in [2.24, 2.45) is 0 Å². The van der Waals surface area contributed by atoms with Crippen LogP contribution in [0.25, 0.3) is 0 Å². The van der Waals surface area contributed by atoms with Crippen molar-refractivity contribution < 1.29 is 36.6 Å². The number of pyridine rings is 1. The van der Waals surface area contributed by atoms with Gasteiger partial charge in [0.15, 0.2) is 0 Å². The van der Waals surface area contributed by atoms with Crippen LogP contribution >= 0.6 is 0 Å². The van der Waals surface area contributed by atoms with Crippen LogP contribution in [-0.2, 0) is 26.9 Å². The van der Waals surface area contributed by atoms with Gasteiger partial charge < -0.3 is 14.4 Å². The third-order valence-corrected chi connectivity index (χ3v) is 5.06. The third-order valence-electron chi connectivity index (χ3n) is 5.06. The molecule has 0 N–H and O–H groups in total. The number of carbonyl (C=O) groups is 2. The lowest BCUT2D eigenvalue weighted by Gasteiger charge is -2.27. The first-order chi connectivity index (χ1) is 16.6. The molecule has 2 aromatic carbocycles. The van der Waals surface area contributed by atoms with Crippen LogP contribution < -0.4 is 9.64 Å². The molecule has 0 radical (unpaired) electrons. The standard InChI is InChI=1S/C25H22F4N2O4/c1-16(32)35-23(17-6-9-19(26)10-7-17)24(33)31(21-4-3-5-22(14-21)34-2)13-12-20-11-8-18(15-30-20)25(27,28)29/h3-11,14-15,23H,12-13H2,1-2H3. The average Bonchev–Trinajstić information content (AvgIpc) is 2.83. The topological polar surface area (TPSA) is 68.7 Å². The highest BCUT2D eigenvalue weighted by Crippen LogP contribution is 2.29. The number of hydrogen-bond acceptors (Lipinski definition) is 5. The number of rotatable bonds is 8. The number of alkyl halides is 3. The van der Waals surface area contributed by atoms with E-state index in [4.69, 9.17) is 9.47 Å². The highest BCUT2D eigenvalue weighted by atomic mass is 19.4. The van der Waals surface area contributed by atoms with Crippen LogP contribution in [0.1, 0.15) is 29.8 Å². The summed E-state index contributed by atoms with van der Waals surface area (Å²) in [5.74, 6) is -1.42. The van der Waals surface area contributed by atoms with Gasteiger partial charge in [0.1, 0.15) is 11.6 Å². The maximum atomic E-state index is 13.6. The van der Waals surface area contributed by atoms with E-state index >= 15 is 0 Å². The first-order valence-electron chi connectivity index (χ1n) is 10.5. The lowest BCUT2D eigenvalue weighted by molar-refractivity contribution is -0.153. The predicted octanol–water partition coefficient (Wildman–Crippen LogP) is 5.13. The number of anilines is 1. The number of ether oxygens (including phenoxy) is 2. The monoisotopic (exact) mass is 490 g/mol. The normalized spacial score (nSPS) is 12.1. The van der Waals surface area contributed by atoms with Gasteiger partial charge in [-0.15, -0.1) is 0 Å². The minimum absolute atomic E-state index is 0.00330. The largest absolute Gasteiger partial charge is 0.497 e. The Hall–Kier alpha value is -3.95. The molecular formula is C25H22F4N2O4. The van der Waals surface area contributed by atoms with Crippen molar-refractivity contribution in [1.82, 2.24) is 4.98 Å². The van der Waals surface area contributed by atoms with E-state index in [1.807, 2.05) is 0 Å². The zero-order chi connectivity index (χ0) is 25.6. The number of hydrogen-bond donors (Lipinski definition) is 0. The first kappa shape index (κ1) is 25.7. The highest BCUT2D eigenvalue weighted by molar-refractivity contribution is 5.98. The van der Waals surface area contributed by atoms with E-state index in [0.717, 1.165) is 31.3 Å². The fourth-order valence-corrected chi connectivity index (χ4v) is 3.32. The number of nitrogens with zero attached hydrogens (tertiary/aromatic N) is 2. The lowest BCUT2D eigenvalue weighted by atomic mass is 10.1. The number of halogens is 4. The molecule has 10 heteroatoms. The maximum Gasteiger partial charge on any atom is 0.417 e. The summed E-state index contributed by atoms with van der Waals surface area (Å²) in [6, 6.07) is 13.7. The predicted molar refractivity (Wildman–Crippen MR) is 119 cm³/mol. The van der Waals surface area contributed by atoms with Crippen LogP contribution in [0.5, 0.6) is 5.75 Å². The van der Waals surface area contributed by atoms with Crippen LogP contribution in [0.3, 0.4) is 0 Å².